The van der Waals surface area contributed by atoms with Gasteiger partial charge in [0.2, 0.25) is 0 Å². The molecule has 0 bridgehead atoms. The van der Waals surface area contributed by atoms with Crippen molar-refractivity contribution in [1.29, 1.82) is 0 Å². The lowest BCUT2D eigenvalue weighted by molar-refractivity contribution is -0.384. The first-order valence-corrected chi connectivity index (χ1v) is 6.44. The normalized spacial score (nSPS) is 11.2. The summed E-state index contributed by atoms with van der Waals surface area (Å²) in [5, 5.41) is 13.6. The van der Waals surface area contributed by atoms with Crippen molar-refractivity contribution in [2.75, 3.05) is 6.54 Å². The number of benzene rings is 1. The summed E-state index contributed by atoms with van der Waals surface area (Å²) in [4.78, 5) is 21.5. The quantitative estimate of drug-likeness (QED) is 0.374. The van der Waals surface area contributed by atoms with E-state index < -0.39 is 10.5 Å². The van der Waals surface area contributed by atoms with Gasteiger partial charge in [0, 0.05) is 25.2 Å². The highest BCUT2D eigenvalue weighted by Crippen LogP contribution is 2.11. The smallest absolute Gasteiger partial charge is 0.307 e. The topological polar surface area (TPSA) is 81.5 Å². The minimum atomic E-state index is -0.463. The maximum atomic E-state index is 11.5. The van der Waals surface area contributed by atoms with Crippen molar-refractivity contribution in [2.45, 2.75) is 39.3 Å². The first-order chi connectivity index (χ1) is 9.28. The molecule has 0 heterocycles. The average molecular weight is 280 g/mol. The molecule has 0 saturated carbocycles. The number of carbonyl (C=O) groups excluding carboxylic acids is 1. The molecule has 0 aliphatic carbocycles. The Morgan fingerprint density at radius 1 is 1.30 bits per heavy atom. The molecule has 0 atom stereocenters. The van der Waals surface area contributed by atoms with Crippen LogP contribution in [-0.4, -0.2) is 23.0 Å². The van der Waals surface area contributed by atoms with Crippen LogP contribution >= 0.6 is 0 Å². The Hall–Kier alpha value is -1.95. The van der Waals surface area contributed by atoms with Crippen LogP contribution in [0, 0.1) is 10.1 Å². The van der Waals surface area contributed by atoms with Gasteiger partial charge in [0.25, 0.3) is 5.69 Å². The number of esters is 1. The Morgan fingerprint density at radius 2 is 1.90 bits per heavy atom. The van der Waals surface area contributed by atoms with E-state index in [9.17, 15) is 14.9 Å². The van der Waals surface area contributed by atoms with Crippen molar-refractivity contribution in [1.82, 2.24) is 5.32 Å². The molecule has 0 fully saturated rings. The van der Waals surface area contributed by atoms with Crippen LogP contribution in [0.1, 0.15) is 32.8 Å². The van der Waals surface area contributed by atoms with Gasteiger partial charge in [0.15, 0.2) is 0 Å². The lowest BCUT2D eigenvalue weighted by atomic mass is 10.2. The van der Waals surface area contributed by atoms with E-state index >= 15 is 0 Å². The van der Waals surface area contributed by atoms with E-state index in [1.807, 2.05) is 20.8 Å². The maximum absolute atomic E-state index is 11.5. The number of non-ortho nitro benzene ring substituents is 1. The minimum absolute atomic E-state index is 0.0718. The van der Waals surface area contributed by atoms with Crippen molar-refractivity contribution in [2.24, 2.45) is 0 Å². The second-order valence-electron chi connectivity index (χ2n) is 5.44. The molecule has 20 heavy (non-hydrogen) atoms. The van der Waals surface area contributed by atoms with E-state index in [1.54, 1.807) is 12.1 Å². The number of rotatable bonds is 6. The SMILES string of the molecule is CC(C)(C)OC(=O)CCNCc1ccc([N+](=O)[O-])cc1. The van der Waals surface area contributed by atoms with Gasteiger partial charge in [-0.1, -0.05) is 12.1 Å². The molecule has 0 spiro atoms. The summed E-state index contributed by atoms with van der Waals surface area (Å²) in [5.74, 6) is -0.242. The Labute approximate surface area is 118 Å². The summed E-state index contributed by atoms with van der Waals surface area (Å²) in [6.07, 6.45) is 0.296. The first-order valence-electron chi connectivity index (χ1n) is 6.44. The maximum Gasteiger partial charge on any atom is 0.307 e. The highest BCUT2D eigenvalue weighted by Gasteiger charge is 2.15. The van der Waals surface area contributed by atoms with Crippen LogP contribution in [-0.2, 0) is 16.1 Å². The summed E-state index contributed by atoms with van der Waals surface area (Å²) in [6, 6.07) is 6.31. The number of hydrogen-bond donors (Lipinski definition) is 1. The molecule has 1 aromatic rings. The van der Waals surface area contributed by atoms with Crippen LogP contribution in [0.5, 0.6) is 0 Å². The fourth-order valence-electron chi connectivity index (χ4n) is 1.55. The molecule has 6 nitrogen and oxygen atoms in total. The molecule has 0 radical (unpaired) electrons. The Morgan fingerprint density at radius 3 is 2.40 bits per heavy atom. The van der Waals surface area contributed by atoms with Gasteiger partial charge in [-0.15, -0.1) is 0 Å². The zero-order chi connectivity index (χ0) is 15.2. The Bertz CT molecular complexity index is 463. The third-order valence-electron chi connectivity index (χ3n) is 2.40. The second-order valence-corrected chi connectivity index (χ2v) is 5.44. The van der Waals surface area contributed by atoms with E-state index in [0.717, 1.165) is 5.56 Å². The van der Waals surface area contributed by atoms with Gasteiger partial charge in [-0.3, -0.25) is 14.9 Å². The van der Waals surface area contributed by atoms with Crippen LogP contribution in [0.4, 0.5) is 5.69 Å². The summed E-state index contributed by atoms with van der Waals surface area (Å²) >= 11 is 0. The lowest BCUT2D eigenvalue weighted by Gasteiger charge is -2.19. The van der Waals surface area contributed by atoms with Gasteiger partial charge < -0.3 is 10.1 Å². The Balaban J connectivity index is 2.27. The number of nitrogens with one attached hydrogen (secondary N) is 1. The van der Waals surface area contributed by atoms with E-state index in [2.05, 4.69) is 5.32 Å². The number of ether oxygens (including phenoxy) is 1. The van der Waals surface area contributed by atoms with Gasteiger partial charge in [0.1, 0.15) is 5.60 Å². The van der Waals surface area contributed by atoms with Crippen molar-refractivity contribution in [3.05, 3.63) is 39.9 Å². The monoisotopic (exact) mass is 280 g/mol. The zero-order valence-corrected chi connectivity index (χ0v) is 12.0. The van der Waals surface area contributed by atoms with Crippen molar-refractivity contribution < 1.29 is 14.5 Å². The van der Waals surface area contributed by atoms with Crippen molar-refractivity contribution in [3.8, 4) is 0 Å². The number of nitrogens with zero attached hydrogens (tertiary/aromatic N) is 1. The van der Waals surface area contributed by atoms with E-state index in [1.165, 1.54) is 12.1 Å². The standard InChI is InChI=1S/C14H20N2O4/c1-14(2,3)20-13(17)8-9-15-10-11-4-6-12(7-5-11)16(18)19/h4-7,15H,8-10H2,1-3H3. The molecule has 1 aromatic carbocycles. The van der Waals surface area contributed by atoms with Crippen molar-refractivity contribution >= 4 is 11.7 Å². The molecular formula is C14H20N2O4. The molecule has 1 rings (SSSR count). The van der Waals surface area contributed by atoms with Gasteiger partial charge >= 0.3 is 5.97 Å². The third kappa shape index (κ3) is 6.29. The molecule has 0 unspecified atom stereocenters. The first kappa shape index (κ1) is 16.1. The van der Waals surface area contributed by atoms with E-state index in [0.29, 0.717) is 19.5 Å². The van der Waals surface area contributed by atoms with Gasteiger partial charge in [-0.2, -0.15) is 0 Å². The minimum Gasteiger partial charge on any atom is -0.460 e. The Kier molecular flexibility index (Phi) is 5.64. The van der Waals surface area contributed by atoms with Crippen LogP contribution in [0.2, 0.25) is 0 Å². The van der Waals surface area contributed by atoms with E-state index in [4.69, 9.17) is 4.74 Å². The summed E-state index contributed by atoms with van der Waals surface area (Å²) in [7, 11) is 0. The second kappa shape index (κ2) is 7.00. The number of nitro benzene ring substituents is 1. The highest BCUT2D eigenvalue weighted by molar-refractivity contribution is 5.70. The van der Waals surface area contributed by atoms with Crippen LogP contribution < -0.4 is 5.32 Å². The predicted octanol–water partition coefficient (Wildman–Crippen LogP) is 2.42. The summed E-state index contributed by atoms with van der Waals surface area (Å²) < 4.78 is 5.18. The van der Waals surface area contributed by atoms with Gasteiger partial charge in [0.05, 0.1) is 11.3 Å². The predicted molar refractivity (Wildman–Crippen MR) is 75.3 cm³/mol. The third-order valence-corrected chi connectivity index (χ3v) is 2.40. The highest BCUT2D eigenvalue weighted by atomic mass is 16.6. The fourth-order valence-corrected chi connectivity index (χ4v) is 1.55. The molecule has 0 saturated heterocycles. The van der Waals surface area contributed by atoms with Gasteiger partial charge in [-0.05, 0) is 26.3 Å². The lowest BCUT2D eigenvalue weighted by Crippen LogP contribution is -2.26. The molecule has 110 valence electrons. The molecule has 0 aliphatic rings. The zero-order valence-electron chi connectivity index (χ0n) is 12.0. The number of carbonyl (C=O) groups is 1. The molecule has 6 heteroatoms. The van der Waals surface area contributed by atoms with Crippen LogP contribution in [0.15, 0.2) is 24.3 Å². The number of hydrogen-bond acceptors (Lipinski definition) is 5. The van der Waals surface area contributed by atoms with E-state index in [-0.39, 0.29) is 11.7 Å². The molecular weight excluding hydrogens is 260 g/mol. The largest absolute Gasteiger partial charge is 0.460 e. The van der Waals surface area contributed by atoms with Crippen molar-refractivity contribution in [3.63, 3.8) is 0 Å². The van der Waals surface area contributed by atoms with Gasteiger partial charge in [-0.25, -0.2) is 0 Å². The molecule has 0 aromatic heterocycles. The van der Waals surface area contributed by atoms with Crippen LogP contribution in [0.25, 0.3) is 0 Å². The summed E-state index contributed by atoms with van der Waals surface area (Å²) in [5.41, 5.74) is 0.539. The molecule has 1 N–H and O–H groups in total. The van der Waals surface area contributed by atoms with Crippen LogP contribution in [0.3, 0.4) is 0 Å². The fraction of sp³-hybridized carbons (Fsp3) is 0.500. The average Bonchev–Trinajstić information content (AvgIpc) is 2.33. The number of nitro groups is 1. The summed E-state index contributed by atoms with van der Waals surface area (Å²) in [6.45, 7) is 6.55. The molecule has 0 amide bonds. The molecule has 0 aliphatic heterocycles.